The van der Waals surface area contributed by atoms with Gasteiger partial charge in [0.05, 0.1) is 11.8 Å². The summed E-state index contributed by atoms with van der Waals surface area (Å²) in [5.41, 5.74) is 2.04. The van der Waals surface area contributed by atoms with E-state index in [0.29, 0.717) is 24.8 Å². The third kappa shape index (κ3) is 5.08. The Morgan fingerprint density at radius 3 is 2.22 bits per heavy atom. The van der Waals surface area contributed by atoms with E-state index in [2.05, 4.69) is 38.3 Å². The van der Waals surface area contributed by atoms with E-state index in [-0.39, 0.29) is 23.7 Å². The van der Waals surface area contributed by atoms with Crippen LogP contribution >= 0.6 is 0 Å². The second-order valence-corrected chi connectivity index (χ2v) is 7.19. The van der Waals surface area contributed by atoms with E-state index in [1.54, 1.807) is 0 Å². The van der Waals surface area contributed by atoms with Crippen LogP contribution in [0.5, 0.6) is 0 Å². The molecule has 2 amide bonds. The summed E-state index contributed by atoms with van der Waals surface area (Å²) in [6.45, 7) is 9.23. The van der Waals surface area contributed by atoms with Crippen LogP contribution in [0.2, 0.25) is 0 Å². The van der Waals surface area contributed by atoms with Gasteiger partial charge >= 0.3 is 0 Å². The number of amides is 2. The number of carbonyl (C=O) groups is 2. The fraction of sp³-hybridized carbons (Fsp3) is 0.579. The van der Waals surface area contributed by atoms with Crippen LogP contribution in [0.15, 0.2) is 24.3 Å². The quantitative estimate of drug-likeness (QED) is 0.808. The van der Waals surface area contributed by atoms with Crippen LogP contribution in [-0.4, -0.2) is 18.4 Å². The minimum absolute atomic E-state index is 0.0148. The molecule has 1 saturated carbocycles. The third-order valence-corrected chi connectivity index (χ3v) is 4.33. The number of anilines is 1. The maximum atomic E-state index is 12.2. The van der Waals surface area contributed by atoms with Crippen molar-refractivity contribution in [1.82, 2.24) is 5.32 Å². The summed E-state index contributed by atoms with van der Waals surface area (Å²) >= 11 is 0. The van der Waals surface area contributed by atoms with Crippen molar-refractivity contribution in [3.8, 4) is 0 Å². The van der Waals surface area contributed by atoms with Gasteiger partial charge in [-0.3, -0.25) is 9.59 Å². The Morgan fingerprint density at radius 2 is 1.65 bits per heavy atom. The largest absolute Gasteiger partial charge is 0.356 e. The predicted molar refractivity (Wildman–Crippen MR) is 93.2 cm³/mol. The molecule has 2 N–H and O–H groups in total. The van der Waals surface area contributed by atoms with Gasteiger partial charge in [-0.05, 0) is 42.4 Å². The molecule has 4 nitrogen and oxygen atoms in total. The smallest absolute Gasteiger partial charge is 0.228 e. The highest BCUT2D eigenvalue weighted by atomic mass is 16.2. The first-order chi connectivity index (χ1) is 10.9. The summed E-state index contributed by atoms with van der Waals surface area (Å²) in [6.07, 6.45) is 1.63. The molecule has 0 saturated heterocycles. The van der Waals surface area contributed by atoms with Gasteiger partial charge in [0, 0.05) is 12.2 Å². The maximum Gasteiger partial charge on any atom is 0.228 e. The van der Waals surface area contributed by atoms with E-state index >= 15 is 0 Å². The molecule has 0 spiro atoms. The lowest BCUT2D eigenvalue weighted by molar-refractivity contribution is -0.125. The highest BCUT2D eigenvalue weighted by Crippen LogP contribution is 2.39. The SMILES string of the molecule is CC(C)CCNC(=O)C1CC1C(=O)Nc1ccc(C(C)C)cc1. The lowest BCUT2D eigenvalue weighted by atomic mass is 10.0. The van der Waals surface area contributed by atoms with Crippen LogP contribution in [0.4, 0.5) is 5.69 Å². The number of hydrogen-bond donors (Lipinski definition) is 2. The summed E-state index contributed by atoms with van der Waals surface area (Å²) in [7, 11) is 0. The van der Waals surface area contributed by atoms with Crippen LogP contribution in [0.1, 0.15) is 52.0 Å². The van der Waals surface area contributed by atoms with Crippen LogP contribution in [-0.2, 0) is 9.59 Å². The minimum atomic E-state index is -0.182. The molecular weight excluding hydrogens is 288 g/mol. The highest BCUT2D eigenvalue weighted by Gasteiger charge is 2.47. The molecule has 0 heterocycles. The van der Waals surface area contributed by atoms with E-state index in [4.69, 9.17) is 0 Å². The number of rotatable bonds is 7. The topological polar surface area (TPSA) is 58.2 Å². The Bertz CT molecular complexity index is 549. The van der Waals surface area contributed by atoms with Crippen LogP contribution in [0.3, 0.4) is 0 Å². The minimum Gasteiger partial charge on any atom is -0.356 e. The van der Waals surface area contributed by atoms with Crippen molar-refractivity contribution in [2.75, 3.05) is 11.9 Å². The molecule has 0 bridgehead atoms. The molecule has 1 aliphatic carbocycles. The lowest BCUT2D eigenvalue weighted by Gasteiger charge is -2.09. The fourth-order valence-electron chi connectivity index (χ4n) is 2.58. The molecular formula is C19H28N2O2. The summed E-state index contributed by atoms with van der Waals surface area (Å²) in [5.74, 6) is 0.674. The van der Waals surface area contributed by atoms with E-state index in [1.165, 1.54) is 5.56 Å². The standard InChI is InChI=1S/C19H28N2O2/c1-12(2)9-10-20-18(22)16-11-17(16)19(23)21-15-7-5-14(6-8-15)13(3)4/h5-8,12-13,16-17H,9-11H2,1-4H3,(H,20,22)(H,21,23). The molecule has 0 aromatic heterocycles. The van der Waals surface area contributed by atoms with Gasteiger partial charge in [-0.1, -0.05) is 39.8 Å². The maximum absolute atomic E-state index is 12.2. The van der Waals surface area contributed by atoms with Crippen molar-refractivity contribution < 1.29 is 9.59 Å². The zero-order chi connectivity index (χ0) is 17.0. The van der Waals surface area contributed by atoms with E-state index in [1.807, 2.05) is 24.3 Å². The second-order valence-electron chi connectivity index (χ2n) is 7.19. The Balaban J connectivity index is 1.78. The molecule has 1 aromatic rings. The second kappa shape index (κ2) is 7.62. The average molecular weight is 316 g/mol. The molecule has 4 heteroatoms. The van der Waals surface area contributed by atoms with Gasteiger partial charge in [-0.15, -0.1) is 0 Å². The van der Waals surface area contributed by atoms with Gasteiger partial charge in [-0.2, -0.15) is 0 Å². The Morgan fingerprint density at radius 1 is 1.04 bits per heavy atom. The van der Waals surface area contributed by atoms with Crippen molar-refractivity contribution in [3.63, 3.8) is 0 Å². The summed E-state index contributed by atoms with van der Waals surface area (Å²) in [5, 5.41) is 5.84. The van der Waals surface area contributed by atoms with Crippen molar-refractivity contribution >= 4 is 17.5 Å². The first-order valence-electron chi connectivity index (χ1n) is 8.57. The van der Waals surface area contributed by atoms with Gasteiger partial charge in [0.15, 0.2) is 0 Å². The number of hydrogen-bond acceptors (Lipinski definition) is 2. The first-order valence-corrected chi connectivity index (χ1v) is 8.57. The van der Waals surface area contributed by atoms with Crippen LogP contribution < -0.4 is 10.6 Å². The zero-order valence-electron chi connectivity index (χ0n) is 14.6. The monoisotopic (exact) mass is 316 g/mol. The van der Waals surface area contributed by atoms with E-state index in [0.717, 1.165) is 12.1 Å². The molecule has 1 aromatic carbocycles. The molecule has 0 radical (unpaired) electrons. The molecule has 2 unspecified atom stereocenters. The number of benzene rings is 1. The molecule has 0 aliphatic heterocycles. The van der Waals surface area contributed by atoms with Gasteiger partial charge in [-0.25, -0.2) is 0 Å². The molecule has 2 atom stereocenters. The van der Waals surface area contributed by atoms with Crippen LogP contribution in [0.25, 0.3) is 0 Å². The third-order valence-electron chi connectivity index (χ3n) is 4.33. The molecule has 1 aliphatic rings. The van der Waals surface area contributed by atoms with Crippen molar-refractivity contribution in [2.45, 2.75) is 46.5 Å². The molecule has 126 valence electrons. The Hall–Kier alpha value is -1.84. The Labute approximate surface area is 139 Å². The van der Waals surface area contributed by atoms with Crippen LogP contribution in [0, 0.1) is 17.8 Å². The van der Waals surface area contributed by atoms with Crippen molar-refractivity contribution in [3.05, 3.63) is 29.8 Å². The fourth-order valence-corrected chi connectivity index (χ4v) is 2.58. The van der Waals surface area contributed by atoms with Crippen molar-refractivity contribution in [2.24, 2.45) is 17.8 Å². The summed E-state index contributed by atoms with van der Waals surface area (Å²) < 4.78 is 0. The first kappa shape index (κ1) is 17.5. The van der Waals surface area contributed by atoms with Gasteiger partial charge < -0.3 is 10.6 Å². The summed E-state index contributed by atoms with van der Waals surface area (Å²) in [6, 6.07) is 7.91. The number of carbonyl (C=O) groups excluding carboxylic acids is 2. The van der Waals surface area contributed by atoms with E-state index in [9.17, 15) is 9.59 Å². The van der Waals surface area contributed by atoms with Gasteiger partial charge in [0.1, 0.15) is 0 Å². The van der Waals surface area contributed by atoms with Crippen molar-refractivity contribution in [1.29, 1.82) is 0 Å². The Kier molecular flexibility index (Phi) is 5.80. The number of nitrogens with one attached hydrogen (secondary N) is 2. The average Bonchev–Trinajstić information content (AvgIpc) is 3.28. The van der Waals surface area contributed by atoms with Gasteiger partial charge in [0.2, 0.25) is 11.8 Å². The molecule has 2 rings (SSSR count). The highest BCUT2D eigenvalue weighted by molar-refractivity contribution is 5.99. The normalized spacial score (nSPS) is 19.7. The molecule has 23 heavy (non-hydrogen) atoms. The zero-order valence-corrected chi connectivity index (χ0v) is 14.6. The lowest BCUT2D eigenvalue weighted by Crippen LogP contribution is -2.28. The van der Waals surface area contributed by atoms with Gasteiger partial charge in [0.25, 0.3) is 0 Å². The van der Waals surface area contributed by atoms with E-state index < -0.39 is 0 Å². The molecule has 1 fully saturated rings. The predicted octanol–water partition coefficient (Wildman–Crippen LogP) is 3.55. The summed E-state index contributed by atoms with van der Waals surface area (Å²) in [4.78, 5) is 24.2.